The number of aromatic nitrogens is 2. The van der Waals surface area contributed by atoms with E-state index in [4.69, 9.17) is 9.40 Å². The van der Waals surface area contributed by atoms with Gasteiger partial charge in [0.1, 0.15) is 5.52 Å². The van der Waals surface area contributed by atoms with Crippen LogP contribution in [-0.4, -0.2) is 9.97 Å². The maximum atomic E-state index is 6.01. The fourth-order valence-corrected chi connectivity index (χ4v) is 3.10. The van der Waals surface area contributed by atoms with Crippen molar-refractivity contribution in [2.24, 2.45) is 0 Å². The Hall–Kier alpha value is -3.46. The summed E-state index contributed by atoms with van der Waals surface area (Å²) in [6.07, 6.45) is 0. The average Bonchev–Trinajstić information content (AvgIpc) is 3.19. The molecule has 0 atom stereocenters. The lowest BCUT2D eigenvalue weighted by molar-refractivity contribution is 0.620. The minimum absolute atomic E-state index is 0.622. The summed E-state index contributed by atoms with van der Waals surface area (Å²) >= 11 is 0. The third kappa shape index (κ3) is 3.20. The van der Waals surface area contributed by atoms with Gasteiger partial charge in [0.2, 0.25) is 5.89 Å². The molecule has 0 saturated heterocycles. The van der Waals surface area contributed by atoms with E-state index < -0.39 is 0 Å². The standard InChI is InChI=1S/C22H14N2O.C2H6/c1-2-8-15(9-3-1)20-14-17(16-10-4-5-11-18(16)23-20)22-24-19-12-6-7-13-21(19)25-22;1-2/h1-14H;1-2H3. The van der Waals surface area contributed by atoms with Crippen LogP contribution in [0, 0.1) is 0 Å². The quantitative estimate of drug-likeness (QED) is 0.353. The van der Waals surface area contributed by atoms with Crippen LogP contribution in [0.2, 0.25) is 0 Å². The first kappa shape index (κ1) is 17.0. The van der Waals surface area contributed by atoms with Crippen molar-refractivity contribution in [2.45, 2.75) is 13.8 Å². The first-order chi connectivity index (χ1) is 13.4. The first-order valence-electron chi connectivity index (χ1n) is 9.20. The highest BCUT2D eigenvalue weighted by Crippen LogP contribution is 2.33. The van der Waals surface area contributed by atoms with Crippen molar-refractivity contribution in [1.82, 2.24) is 9.97 Å². The highest BCUT2D eigenvalue weighted by Gasteiger charge is 2.14. The largest absolute Gasteiger partial charge is 0.436 e. The van der Waals surface area contributed by atoms with E-state index in [-0.39, 0.29) is 0 Å². The van der Waals surface area contributed by atoms with Gasteiger partial charge in [-0.05, 0) is 24.3 Å². The second-order valence-electron chi connectivity index (χ2n) is 5.92. The van der Waals surface area contributed by atoms with Gasteiger partial charge >= 0.3 is 0 Å². The number of benzene rings is 3. The lowest BCUT2D eigenvalue weighted by atomic mass is 10.0. The predicted octanol–water partition coefficient (Wildman–Crippen LogP) is 6.74. The smallest absolute Gasteiger partial charge is 0.228 e. The zero-order valence-electron chi connectivity index (χ0n) is 15.4. The van der Waals surface area contributed by atoms with Crippen LogP contribution < -0.4 is 0 Å². The van der Waals surface area contributed by atoms with Gasteiger partial charge in [0, 0.05) is 16.5 Å². The molecule has 0 aliphatic heterocycles. The third-order valence-corrected chi connectivity index (χ3v) is 4.31. The maximum Gasteiger partial charge on any atom is 0.228 e. The van der Waals surface area contributed by atoms with Crippen LogP contribution in [0.1, 0.15) is 13.8 Å². The third-order valence-electron chi connectivity index (χ3n) is 4.31. The van der Waals surface area contributed by atoms with Crippen molar-refractivity contribution < 1.29 is 4.42 Å². The lowest BCUT2D eigenvalue weighted by Crippen LogP contribution is -1.89. The molecule has 0 aliphatic rings. The van der Waals surface area contributed by atoms with Gasteiger partial charge in [0.25, 0.3) is 0 Å². The monoisotopic (exact) mass is 352 g/mol. The molecule has 27 heavy (non-hydrogen) atoms. The van der Waals surface area contributed by atoms with Crippen LogP contribution in [0.5, 0.6) is 0 Å². The molecule has 5 aromatic rings. The number of fused-ring (bicyclic) bond motifs is 2. The van der Waals surface area contributed by atoms with Crippen LogP contribution in [0.4, 0.5) is 0 Å². The van der Waals surface area contributed by atoms with E-state index in [2.05, 4.69) is 29.2 Å². The molecule has 0 spiro atoms. The molecule has 3 heteroatoms. The second kappa shape index (κ2) is 7.42. The second-order valence-corrected chi connectivity index (χ2v) is 5.92. The van der Waals surface area contributed by atoms with E-state index in [0.29, 0.717) is 5.89 Å². The van der Waals surface area contributed by atoms with Gasteiger partial charge < -0.3 is 4.42 Å². The molecular formula is C24H20N2O. The van der Waals surface area contributed by atoms with Gasteiger partial charge in [0.05, 0.1) is 11.2 Å². The zero-order valence-corrected chi connectivity index (χ0v) is 15.4. The van der Waals surface area contributed by atoms with Gasteiger partial charge in [-0.15, -0.1) is 0 Å². The van der Waals surface area contributed by atoms with E-state index in [1.807, 2.05) is 74.5 Å². The van der Waals surface area contributed by atoms with Crippen LogP contribution in [0.25, 0.3) is 44.7 Å². The fraction of sp³-hybridized carbons (Fsp3) is 0.0833. The summed E-state index contributed by atoms with van der Waals surface area (Å²) in [5, 5.41) is 1.04. The number of oxazole rings is 1. The highest BCUT2D eigenvalue weighted by atomic mass is 16.3. The zero-order chi connectivity index (χ0) is 18.6. The van der Waals surface area contributed by atoms with Gasteiger partial charge in [-0.3, -0.25) is 0 Å². The Labute approximate surface area is 158 Å². The van der Waals surface area contributed by atoms with Crippen LogP contribution in [-0.2, 0) is 0 Å². The Bertz CT molecular complexity index is 1160. The predicted molar refractivity (Wildman–Crippen MR) is 112 cm³/mol. The van der Waals surface area contributed by atoms with E-state index in [1.165, 1.54) is 0 Å². The number of nitrogens with zero attached hydrogens (tertiary/aromatic N) is 2. The van der Waals surface area contributed by atoms with Crippen LogP contribution in [0.15, 0.2) is 89.3 Å². The number of para-hydroxylation sites is 3. The van der Waals surface area contributed by atoms with Crippen molar-refractivity contribution in [3.8, 4) is 22.7 Å². The summed E-state index contributed by atoms with van der Waals surface area (Å²) in [6, 6.07) is 28.1. The normalized spacial score (nSPS) is 10.6. The Morgan fingerprint density at radius 2 is 1.33 bits per heavy atom. The Balaban J connectivity index is 0.000000872. The summed E-state index contributed by atoms with van der Waals surface area (Å²) in [5.74, 6) is 0.622. The topological polar surface area (TPSA) is 38.9 Å². The van der Waals surface area contributed by atoms with Crippen molar-refractivity contribution in [1.29, 1.82) is 0 Å². The molecule has 5 rings (SSSR count). The molecule has 0 fully saturated rings. The molecule has 0 unspecified atom stereocenters. The minimum atomic E-state index is 0.622. The lowest BCUT2D eigenvalue weighted by Gasteiger charge is -2.07. The highest BCUT2D eigenvalue weighted by molar-refractivity contribution is 5.95. The number of hydrogen-bond donors (Lipinski definition) is 0. The van der Waals surface area contributed by atoms with Gasteiger partial charge in [-0.25, -0.2) is 9.97 Å². The molecule has 0 saturated carbocycles. The van der Waals surface area contributed by atoms with Crippen molar-refractivity contribution in [2.75, 3.05) is 0 Å². The van der Waals surface area contributed by atoms with Crippen molar-refractivity contribution in [3.05, 3.63) is 84.9 Å². The molecule has 3 aromatic carbocycles. The summed E-state index contributed by atoms with van der Waals surface area (Å²) in [5.41, 5.74) is 5.53. The summed E-state index contributed by atoms with van der Waals surface area (Å²) in [7, 11) is 0. The molecule has 132 valence electrons. The first-order valence-corrected chi connectivity index (χ1v) is 9.20. The van der Waals surface area contributed by atoms with Gasteiger partial charge in [0.15, 0.2) is 5.58 Å². The van der Waals surface area contributed by atoms with Crippen molar-refractivity contribution >= 4 is 22.0 Å². The molecular weight excluding hydrogens is 332 g/mol. The summed E-state index contributed by atoms with van der Waals surface area (Å²) < 4.78 is 6.01. The van der Waals surface area contributed by atoms with Crippen LogP contribution in [0.3, 0.4) is 0 Å². The molecule has 3 nitrogen and oxygen atoms in total. The SMILES string of the molecule is CC.c1ccc(-c2cc(-c3nc4ccccc4o3)c3ccccc3n2)cc1. The maximum absolute atomic E-state index is 6.01. The minimum Gasteiger partial charge on any atom is -0.436 e. The van der Waals surface area contributed by atoms with Gasteiger partial charge in [-0.1, -0.05) is 74.5 Å². The van der Waals surface area contributed by atoms with Crippen molar-refractivity contribution in [3.63, 3.8) is 0 Å². The summed E-state index contributed by atoms with van der Waals surface area (Å²) in [6.45, 7) is 4.00. The van der Waals surface area contributed by atoms with E-state index in [9.17, 15) is 0 Å². The number of hydrogen-bond acceptors (Lipinski definition) is 3. The number of pyridine rings is 1. The fourth-order valence-electron chi connectivity index (χ4n) is 3.10. The van der Waals surface area contributed by atoms with Gasteiger partial charge in [-0.2, -0.15) is 0 Å². The summed E-state index contributed by atoms with van der Waals surface area (Å²) in [4.78, 5) is 9.49. The number of rotatable bonds is 2. The van der Waals surface area contributed by atoms with E-state index in [1.54, 1.807) is 0 Å². The molecule has 2 aromatic heterocycles. The molecule has 0 N–H and O–H groups in total. The molecule has 0 amide bonds. The molecule has 0 bridgehead atoms. The molecule has 2 heterocycles. The Morgan fingerprint density at radius 3 is 2.11 bits per heavy atom. The average molecular weight is 352 g/mol. The van der Waals surface area contributed by atoms with Crippen LogP contribution >= 0.6 is 0 Å². The van der Waals surface area contributed by atoms with E-state index in [0.717, 1.165) is 38.8 Å². The van der Waals surface area contributed by atoms with E-state index >= 15 is 0 Å². The Morgan fingerprint density at radius 1 is 0.667 bits per heavy atom. The Kier molecular flexibility index (Phi) is 4.67. The molecule has 0 radical (unpaired) electrons. The molecule has 0 aliphatic carbocycles.